The van der Waals surface area contributed by atoms with Gasteiger partial charge < -0.3 is 15.1 Å². The van der Waals surface area contributed by atoms with Gasteiger partial charge in [0.1, 0.15) is 11.6 Å². The Morgan fingerprint density at radius 3 is 2.74 bits per heavy atom. The third-order valence-corrected chi connectivity index (χ3v) is 3.43. The highest BCUT2D eigenvalue weighted by molar-refractivity contribution is 5.78. The van der Waals surface area contributed by atoms with Crippen LogP contribution in [0.3, 0.4) is 0 Å². The van der Waals surface area contributed by atoms with E-state index in [0.717, 1.165) is 5.76 Å². The van der Waals surface area contributed by atoms with Crippen LogP contribution in [0.1, 0.15) is 39.5 Å². The lowest BCUT2D eigenvalue weighted by molar-refractivity contribution is -0.684. The van der Waals surface area contributed by atoms with Crippen LogP contribution in [0, 0.1) is 17.2 Å². The van der Waals surface area contributed by atoms with Gasteiger partial charge in [0.05, 0.1) is 12.3 Å². The minimum Gasteiger partial charge on any atom is -0.463 e. The maximum atomic E-state index is 11.9. The van der Waals surface area contributed by atoms with Crippen LogP contribution in [0.5, 0.6) is 0 Å². The molecule has 19 heavy (non-hydrogen) atoms. The number of nitrogens with two attached hydrogens (primary N) is 1. The molecule has 0 bridgehead atoms. The Balaban J connectivity index is 2.46. The molecule has 2 atom stereocenters. The summed E-state index contributed by atoms with van der Waals surface area (Å²) in [5.74, 6) is 0.750. The smallest absolute Gasteiger partial charge is 0.276 e. The van der Waals surface area contributed by atoms with Crippen LogP contribution in [0.4, 0.5) is 0 Å². The zero-order chi connectivity index (χ0) is 14.5. The minimum absolute atomic E-state index is 0.0592. The number of hydrogen-bond acceptors (Lipinski definition) is 3. The van der Waals surface area contributed by atoms with E-state index in [1.807, 2.05) is 38.2 Å². The molecule has 0 aromatic carbocycles. The first kappa shape index (κ1) is 15.3. The normalized spacial score (nSPS) is 15.6. The predicted octanol–water partition coefficient (Wildman–Crippen LogP) is 0.958. The van der Waals surface area contributed by atoms with E-state index in [0.29, 0.717) is 0 Å². The molecule has 5 heteroatoms. The Morgan fingerprint density at radius 1 is 1.58 bits per heavy atom. The van der Waals surface area contributed by atoms with Crippen molar-refractivity contribution in [2.45, 2.75) is 39.3 Å². The summed E-state index contributed by atoms with van der Waals surface area (Å²) in [6.45, 7) is 7.81. The van der Waals surface area contributed by atoms with E-state index in [2.05, 4.69) is 11.4 Å². The van der Waals surface area contributed by atoms with Gasteiger partial charge in [-0.1, -0.05) is 13.8 Å². The fraction of sp³-hybridized carbons (Fsp3) is 0.571. The van der Waals surface area contributed by atoms with Crippen LogP contribution >= 0.6 is 0 Å². The quantitative estimate of drug-likeness (QED) is 0.802. The fourth-order valence-corrected chi connectivity index (χ4v) is 1.59. The highest BCUT2D eigenvalue weighted by Crippen LogP contribution is 2.14. The standard InChI is InChI=1S/C14H21N3O2/c1-10(2)14(4,9-15)17-13(18)8-16-11(3)12-6-5-7-19-12/h5-7,10-11,16H,8H2,1-4H3,(H,17,18)/p+1/t11-,14+/m1/s1. The van der Waals surface area contributed by atoms with E-state index < -0.39 is 5.54 Å². The molecule has 0 saturated heterocycles. The lowest BCUT2D eigenvalue weighted by atomic mass is 9.90. The average Bonchev–Trinajstić information content (AvgIpc) is 2.89. The number of nitrogens with zero attached hydrogens (tertiary/aromatic N) is 1. The van der Waals surface area contributed by atoms with E-state index >= 15 is 0 Å². The van der Waals surface area contributed by atoms with Gasteiger partial charge in [-0.2, -0.15) is 5.26 Å². The molecule has 104 valence electrons. The zero-order valence-electron chi connectivity index (χ0n) is 11.9. The molecular weight excluding hydrogens is 242 g/mol. The molecule has 1 rings (SSSR count). The van der Waals surface area contributed by atoms with E-state index in [4.69, 9.17) is 9.68 Å². The highest BCUT2D eigenvalue weighted by Gasteiger charge is 2.30. The number of carbonyl (C=O) groups is 1. The molecule has 1 aromatic heterocycles. The zero-order valence-corrected chi connectivity index (χ0v) is 11.9. The van der Waals surface area contributed by atoms with E-state index in [1.54, 1.807) is 13.2 Å². The van der Waals surface area contributed by atoms with Crippen molar-refractivity contribution in [1.82, 2.24) is 5.32 Å². The van der Waals surface area contributed by atoms with Gasteiger partial charge in [-0.25, -0.2) is 0 Å². The van der Waals surface area contributed by atoms with Crippen LogP contribution in [0.15, 0.2) is 22.8 Å². The number of nitriles is 1. The first-order valence-electron chi connectivity index (χ1n) is 6.48. The molecule has 3 N–H and O–H groups in total. The van der Waals surface area contributed by atoms with E-state index in [9.17, 15) is 4.79 Å². The maximum Gasteiger partial charge on any atom is 0.276 e. The SMILES string of the molecule is CC(C)[C@](C)(C#N)NC(=O)C[NH2+][C@H](C)c1ccco1. The summed E-state index contributed by atoms with van der Waals surface area (Å²) in [6, 6.07) is 5.94. The molecule has 0 saturated carbocycles. The molecule has 0 aliphatic carbocycles. The molecule has 5 nitrogen and oxygen atoms in total. The van der Waals surface area contributed by atoms with Gasteiger partial charge in [-0.3, -0.25) is 4.79 Å². The second kappa shape index (κ2) is 6.39. The summed E-state index contributed by atoms with van der Waals surface area (Å²) in [4.78, 5) is 11.9. The topological polar surface area (TPSA) is 82.6 Å². The Labute approximate surface area is 114 Å². The number of amides is 1. The number of rotatable bonds is 6. The lowest BCUT2D eigenvalue weighted by Crippen LogP contribution is -2.87. The van der Waals surface area contributed by atoms with E-state index in [1.165, 1.54) is 0 Å². The highest BCUT2D eigenvalue weighted by atomic mass is 16.3. The lowest BCUT2D eigenvalue weighted by Gasteiger charge is -2.27. The van der Waals surface area contributed by atoms with Crippen molar-refractivity contribution >= 4 is 5.91 Å². The third kappa shape index (κ3) is 4.11. The molecule has 1 aromatic rings. The summed E-state index contributed by atoms with van der Waals surface area (Å²) >= 11 is 0. The summed E-state index contributed by atoms with van der Waals surface area (Å²) in [6.07, 6.45) is 1.62. The van der Waals surface area contributed by atoms with Gasteiger partial charge in [0.2, 0.25) is 0 Å². The van der Waals surface area contributed by atoms with E-state index in [-0.39, 0.29) is 24.4 Å². The van der Waals surface area contributed by atoms with Crippen molar-refractivity contribution < 1.29 is 14.5 Å². The van der Waals surface area contributed by atoms with Crippen molar-refractivity contribution in [2.75, 3.05) is 6.54 Å². The molecule has 0 unspecified atom stereocenters. The van der Waals surface area contributed by atoms with Crippen LogP contribution in [0.2, 0.25) is 0 Å². The first-order chi connectivity index (χ1) is 8.89. The predicted molar refractivity (Wildman–Crippen MR) is 70.9 cm³/mol. The van der Waals surface area contributed by atoms with Gasteiger partial charge in [0, 0.05) is 0 Å². The Kier molecular flexibility index (Phi) is 5.13. The molecule has 0 fully saturated rings. The maximum absolute atomic E-state index is 11.9. The average molecular weight is 264 g/mol. The van der Waals surface area contributed by atoms with Crippen LogP contribution in [0.25, 0.3) is 0 Å². The van der Waals surface area contributed by atoms with Crippen molar-refractivity contribution in [3.8, 4) is 6.07 Å². The fourth-order valence-electron chi connectivity index (χ4n) is 1.59. The number of hydrogen-bond donors (Lipinski definition) is 2. The van der Waals surface area contributed by atoms with Crippen molar-refractivity contribution in [3.63, 3.8) is 0 Å². The minimum atomic E-state index is -0.821. The van der Waals surface area contributed by atoms with Gasteiger partial charge in [0.15, 0.2) is 12.3 Å². The molecule has 0 aliphatic heterocycles. The Hall–Kier alpha value is -1.80. The Morgan fingerprint density at radius 2 is 2.26 bits per heavy atom. The van der Waals surface area contributed by atoms with Crippen LogP contribution in [-0.4, -0.2) is 18.0 Å². The number of nitrogens with one attached hydrogen (secondary N) is 1. The summed E-state index contributed by atoms with van der Waals surface area (Å²) < 4.78 is 5.27. The molecule has 0 spiro atoms. The van der Waals surface area contributed by atoms with Gasteiger partial charge in [0.25, 0.3) is 5.91 Å². The summed E-state index contributed by atoms with van der Waals surface area (Å²) in [5, 5.41) is 13.8. The van der Waals surface area contributed by atoms with Gasteiger partial charge in [-0.05, 0) is 31.9 Å². The first-order valence-corrected chi connectivity index (χ1v) is 6.48. The second-order valence-corrected chi connectivity index (χ2v) is 5.26. The molecule has 0 aliphatic rings. The Bertz CT molecular complexity index is 448. The van der Waals surface area contributed by atoms with Crippen molar-refractivity contribution in [3.05, 3.63) is 24.2 Å². The molecule has 0 radical (unpaired) electrons. The monoisotopic (exact) mass is 264 g/mol. The van der Waals surface area contributed by atoms with Gasteiger partial charge in [-0.15, -0.1) is 0 Å². The second-order valence-electron chi connectivity index (χ2n) is 5.26. The molecular formula is C14H22N3O2+. The molecule has 1 amide bonds. The number of quaternary nitrogens is 1. The number of carbonyl (C=O) groups excluding carboxylic acids is 1. The van der Waals surface area contributed by atoms with Crippen LogP contribution in [-0.2, 0) is 4.79 Å². The van der Waals surface area contributed by atoms with Gasteiger partial charge >= 0.3 is 0 Å². The molecule has 1 heterocycles. The third-order valence-electron chi connectivity index (χ3n) is 3.43. The summed E-state index contributed by atoms with van der Waals surface area (Å²) in [5.41, 5.74) is -0.821. The van der Waals surface area contributed by atoms with Crippen LogP contribution < -0.4 is 10.6 Å². The number of furan rings is 1. The van der Waals surface area contributed by atoms with Crippen molar-refractivity contribution in [1.29, 1.82) is 5.26 Å². The van der Waals surface area contributed by atoms with Crippen molar-refractivity contribution in [2.24, 2.45) is 5.92 Å². The summed E-state index contributed by atoms with van der Waals surface area (Å²) in [7, 11) is 0. The largest absolute Gasteiger partial charge is 0.463 e.